The number of thiazole rings is 1. The molecule has 1 aliphatic rings. The van der Waals surface area contributed by atoms with Crippen molar-refractivity contribution in [1.82, 2.24) is 9.71 Å². The Morgan fingerprint density at radius 2 is 2.03 bits per heavy atom. The van der Waals surface area contributed by atoms with Crippen LogP contribution in [-0.4, -0.2) is 30.7 Å². The standard InChI is InChI=1S/C23H32N2O5S2/c1-13(2)17-8-15(12-30-6)9-18-14(3)7-16(10-19(17)18)25-32(28,29)21-20(11-26)24-22(31-21)23(4,5)27/h7-9,13-14,25-27H,10-12H2,1-6H3. The molecule has 0 amide bonds. The molecule has 0 saturated carbocycles. The number of methoxy groups -OCH3 is 1. The number of nitrogens with zero attached hydrogens (tertiary/aromatic N) is 1. The minimum absolute atomic E-state index is 0.0245. The van der Waals surface area contributed by atoms with Gasteiger partial charge in [-0.1, -0.05) is 39.0 Å². The highest BCUT2D eigenvalue weighted by Crippen LogP contribution is 2.37. The van der Waals surface area contributed by atoms with Gasteiger partial charge in [-0.15, -0.1) is 11.3 Å². The molecule has 3 N–H and O–H groups in total. The Balaban J connectivity index is 1.97. The van der Waals surface area contributed by atoms with E-state index in [0.29, 0.717) is 18.7 Å². The summed E-state index contributed by atoms with van der Waals surface area (Å²) >= 11 is 0.876. The number of nitrogens with one attached hydrogen (secondary N) is 1. The van der Waals surface area contributed by atoms with Crippen LogP contribution in [0, 0.1) is 0 Å². The zero-order chi connectivity index (χ0) is 23.8. The first-order chi connectivity index (χ1) is 14.9. The minimum atomic E-state index is -3.97. The molecule has 9 heteroatoms. The van der Waals surface area contributed by atoms with E-state index in [0.717, 1.165) is 22.5 Å². The Labute approximate surface area is 194 Å². The first kappa shape index (κ1) is 24.9. The molecular weight excluding hydrogens is 448 g/mol. The lowest BCUT2D eigenvalue weighted by molar-refractivity contribution is 0.0779. The Hall–Kier alpha value is -1.78. The summed E-state index contributed by atoms with van der Waals surface area (Å²) in [6.07, 6.45) is 2.39. The fraction of sp³-hybridized carbons (Fsp3) is 0.522. The molecular formula is C23H32N2O5S2. The quantitative estimate of drug-likeness (QED) is 0.532. The predicted octanol–water partition coefficient (Wildman–Crippen LogP) is 3.65. The van der Waals surface area contributed by atoms with Crippen LogP contribution >= 0.6 is 11.3 Å². The number of aliphatic hydroxyl groups excluding tert-OH is 1. The van der Waals surface area contributed by atoms with E-state index in [2.05, 4.69) is 35.7 Å². The monoisotopic (exact) mass is 480 g/mol. The third-order valence-electron chi connectivity index (χ3n) is 5.46. The number of rotatable bonds is 8. The van der Waals surface area contributed by atoms with Crippen molar-refractivity contribution in [1.29, 1.82) is 0 Å². The molecule has 2 aromatic rings. The second-order valence-corrected chi connectivity index (χ2v) is 12.0. The third kappa shape index (κ3) is 5.07. The molecule has 32 heavy (non-hydrogen) atoms. The largest absolute Gasteiger partial charge is 0.390 e. The van der Waals surface area contributed by atoms with E-state index in [1.165, 1.54) is 25.0 Å². The zero-order valence-corrected chi connectivity index (χ0v) is 21.0. The predicted molar refractivity (Wildman–Crippen MR) is 125 cm³/mol. The van der Waals surface area contributed by atoms with Crippen LogP contribution in [0.5, 0.6) is 0 Å². The molecule has 0 fully saturated rings. The molecule has 1 heterocycles. The number of hydrogen-bond acceptors (Lipinski definition) is 7. The van der Waals surface area contributed by atoms with Crippen molar-refractivity contribution in [3.63, 3.8) is 0 Å². The van der Waals surface area contributed by atoms with Crippen LogP contribution < -0.4 is 4.72 Å². The fourth-order valence-corrected chi connectivity index (χ4v) is 6.61. The Morgan fingerprint density at radius 3 is 2.59 bits per heavy atom. The Kier molecular flexibility index (Phi) is 7.17. The maximum Gasteiger partial charge on any atom is 0.273 e. The average Bonchev–Trinajstić information content (AvgIpc) is 3.14. The van der Waals surface area contributed by atoms with Crippen molar-refractivity contribution in [3.05, 3.63) is 56.9 Å². The molecule has 0 saturated heterocycles. The number of benzene rings is 1. The summed E-state index contributed by atoms with van der Waals surface area (Å²) in [5.41, 5.74) is 3.94. The number of hydrogen-bond donors (Lipinski definition) is 3. The number of ether oxygens (including phenoxy) is 1. The van der Waals surface area contributed by atoms with Crippen molar-refractivity contribution >= 4 is 21.4 Å². The van der Waals surface area contributed by atoms with Gasteiger partial charge in [-0.2, -0.15) is 0 Å². The van der Waals surface area contributed by atoms with E-state index >= 15 is 0 Å². The van der Waals surface area contributed by atoms with Crippen LogP contribution in [0.25, 0.3) is 0 Å². The minimum Gasteiger partial charge on any atom is -0.390 e. The summed E-state index contributed by atoms with van der Waals surface area (Å²) < 4.78 is 34.4. The third-order valence-corrected chi connectivity index (χ3v) is 8.83. The number of aliphatic hydroxyl groups is 2. The van der Waals surface area contributed by atoms with Crippen molar-refractivity contribution in [3.8, 4) is 0 Å². The molecule has 176 valence electrons. The highest BCUT2D eigenvalue weighted by Gasteiger charge is 2.31. The van der Waals surface area contributed by atoms with Gasteiger partial charge < -0.3 is 14.9 Å². The van der Waals surface area contributed by atoms with Gasteiger partial charge in [0.05, 0.1) is 18.9 Å². The number of allylic oxidation sites excluding steroid dienone is 2. The molecule has 0 aliphatic heterocycles. The van der Waals surface area contributed by atoms with E-state index in [4.69, 9.17) is 4.74 Å². The van der Waals surface area contributed by atoms with Crippen LogP contribution in [0.4, 0.5) is 0 Å². The highest BCUT2D eigenvalue weighted by atomic mass is 32.2. The number of aromatic nitrogens is 1. The van der Waals surface area contributed by atoms with Crippen LogP contribution in [-0.2, 0) is 40.0 Å². The van der Waals surface area contributed by atoms with E-state index < -0.39 is 22.2 Å². The second kappa shape index (κ2) is 9.23. The lowest BCUT2D eigenvalue weighted by Gasteiger charge is -2.27. The Bertz CT molecular complexity index is 1130. The maximum absolute atomic E-state index is 13.2. The van der Waals surface area contributed by atoms with Gasteiger partial charge in [-0.3, -0.25) is 4.72 Å². The van der Waals surface area contributed by atoms with Crippen LogP contribution in [0.1, 0.15) is 79.4 Å². The lowest BCUT2D eigenvalue weighted by Crippen LogP contribution is -2.27. The second-order valence-electron chi connectivity index (χ2n) is 9.07. The first-order valence-electron chi connectivity index (χ1n) is 10.6. The van der Waals surface area contributed by atoms with Crippen molar-refractivity contribution in [2.45, 2.75) is 75.9 Å². The molecule has 0 bridgehead atoms. The molecule has 1 aliphatic carbocycles. The summed E-state index contributed by atoms with van der Waals surface area (Å²) in [6, 6.07) is 4.28. The molecule has 7 nitrogen and oxygen atoms in total. The van der Waals surface area contributed by atoms with Crippen LogP contribution in [0.3, 0.4) is 0 Å². The van der Waals surface area contributed by atoms with E-state index in [-0.39, 0.29) is 26.7 Å². The maximum atomic E-state index is 13.2. The number of fused-ring (bicyclic) bond motifs is 1. The summed E-state index contributed by atoms with van der Waals surface area (Å²) in [5.74, 6) is 0.303. The molecule has 3 rings (SSSR count). The topological polar surface area (TPSA) is 109 Å². The fourth-order valence-electron chi connectivity index (χ4n) is 4.00. The van der Waals surface area contributed by atoms with E-state index in [1.807, 2.05) is 13.0 Å². The molecule has 0 spiro atoms. The van der Waals surface area contributed by atoms with Gasteiger partial charge in [0.2, 0.25) is 0 Å². The SMILES string of the molecule is COCc1cc(C(C)C)c2c(c1)C(C)C=C(NS(=O)(=O)c1sc(C(C)(C)O)nc1CO)C2. The molecule has 1 aromatic carbocycles. The van der Waals surface area contributed by atoms with Crippen molar-refractivity contribution in [2.24, 2.45) is 0 Å². The van der Waals surface area contributed by atoms with Gasteiger partial charge in [0.25, 0.3) is 10.0 Å². The van der Waals surface area contributed by atoms with Crippen molar-refractivity contribution in [2.75, 3.05) is 7.11 Å². The van der Waals surface area contributed by atoms with Gasteiger partial charge >= 0.3 is 0 Å². The van der Waals surface area contributed by atoms with Gasteiger partial charge in [0.1, 0.15) is 10.6 Å². The van der Waals surface area contributed by atoms with Crippen LogP contribution in [0.2, 0.25) is 0 Å². The summed E-state index contributed by atoms with van der Waals surface area (Å²) in [6.45, 7) is 9.37. The van der Waals surface area contributed by atoms with Gasteiger partial charge in [-0.05, 0) is 42.0 Å². The van der Waals surface area contributed by atoms with E-state index in [9.17, 15) is 18.6 Å². The highest BCUT2D eigenvalue weighted by molar-refractivity contribution is 7.91. The van der Waals surface area contributed by atoms with Crippen LogP contribution in [0.15, 0.2) is 28.1 Å². The molecule has 1 atom stereocenters. The van der Waals surface area contributed by atoms with E-state index in [1.54, 1.807) is 7.11 Å². The van der Waals surface area contributed by atoms with Crippen molar-refractivity contribution < 1.29 is 23.4 Å². The zero-order valence-electron chi connectivity index (χ0n) is 19.4. The molecule has 1 aromatic heterocycles. The molecule has 1 unspecified atom stereocenters. The molecule has 0 radical (unpaired) electrons. The summed E-state index contributed by atoms with van der Waals surface area (Å²) in [5, 5.41) is 20.1. The smallest absolute Gasteiger partial charge is 0.273 e. The first-order valence-corrected chi connectivity index (χ1v) is 12.9. The van der Waals surface area contributed by atoms with Gasteiger partial charge in [0, 0.05) is 25.1 Å². The van der Waals surface area contributed by atoms with Gasteiger partial charge in [-0.25, -0.2) is 13.4 Å². The Morgan fingerprint density at radius 1 is 1.34 bits per heavy atom. The van der Waals surface area contributed by atoms with Gasteiger partial charge in [0.15, 0.2) is 4.21 Å². The summed E-state index contributed by atoms with van der Waals surface area (Å²) in [4.78, 5) is 4.14. The lowest BCUT2D eigenvalue weighted by atomic mass is 9.81. The number of sulfonamides is 1. The normalized spacial score (nSPS) is 16.8. The summed E-state index contributed by atoms with van der Waals surface area (Å²) in [7, 11) is -2.30. The average molecular weight is 481 g/mol.